The zero-order valence-electron chi connectivity index (χ0n) is 11.7. The van der Waals surface area contributed by atoms with Gasteiger partial charge in [0.25, 0.3) is 0 Å². The average molecular weight is 311 g/mol. The summed E-state index contributed by atoms with van der Waals surface area (Å²) in [5.41, 5.74) is -0.455. The maximum atomic E-state index is 12.7. The van der Waals surface area contributed by atoms with Crippen LogP contribution in [0.4, 0.5) is 13.2 Å². The monoisotopic (exact) mass is 311 g/mol. The molecule has 1 spiro atoms. The van der Waals surface area contributed by atoms with E-state index >= 15 is 0 Å². The number of hydrogen-bond donors (Lipinski definition) is 1. The highest BCUT2D eigenvalue weighted by molar-refractivity contribution is 5.69. The molecular weight excluding hydrogens is 291 g/mol. The third-order valence-electron chi connectivity index (χ3n) is 4.11. The van der Waals surface area contributed by atoms with Gasteiger partial charge >= 0.3 is 12.1 Å². The lowest BCUT2D eigenvalue weighted by molar-refractivity contribution is -0.181. The van der Waals surface area contributed by atoms with Gasteiger partial charge in [0.2, 0.25) is 0 Å². The van der Waals surface area contributed by atoms with Gasteiger partial charge in [-0.25, -0.2) is 0 Å². The van der Waals surface area contributed by atoms with Gasteiger partial charge < -0.3 is 14.6 Å². The lowest BCUT2D eigenvalue weighted by atomic mass is 9.83. The van der Waals surface area contributed by atoms with E-state index in [2.05, 4.69) is 0 Å². The van der Waals surface area contributed by atoms with E-state index in [1.165, 1.54) is 0 Å². The van der Waals surface area contributed by atoms with Crippen LogP contribution in [0.25, 0.3) is 0 Å². The first-order valence-electron chi connectivity index (χ1n) is 7.04. The summed E-state index contributed by atoms with van der Waals surface area (Å²) in [5.74, 6) is -1.24. The Labute approximate surface area is 121 Å². The molecule has 1 N–H and O–H groups in total. The van der Waals surface area contributed by atoms with Crippen LogP contribution in [0.2, 0.25) is 0 Å². The van der Waals surface area contributed by atoms with E-state index in [9.17, 15) is 18.0 Å². The topological polar surface area (TPSA) is 59.0 Å². The molecule has 2 fully saturated rings. The minimum Gasteiger partial charge on any atom is -0.480 e. The Hall–Kier alpha value is -0.860. The van der Waals surface area contributed by atoms with Gasteiger partial charge in [0.05, 0.1) is 18.7 Å². The highest BCUT2D eigenvalue weighted by atomic mass is 19.4. The van der Waals surface area contributed by atoms with Crippen molar-refractivity contribution in [2.45, 2.75) is 43.5 Å². The number of carbonyl (C=O) groups is 1. The molecule has 122 valence electrons. The Morgan fingerprint density at radius 1 is 1.29 bits per heavy atom. The van der Waals surface area contributed by atoms with E-state index in [1.54, 1.807) is 0 Å². The Balaban J connectivity index is 2.05. The summed E-state index contributed by atoms with van der Waals surface area (Å²) < 4.78 is 49.0. The van der Waals surface area contributed by atoms with Gasteiger partial charge in [0.15, 0.2) is 0 Å². The van der Waals surface area contributed by atoms with Crippen LogP contribution in [0, 0.1) is 0 Å². The van der Waals surface area contributed by atoms with Crippen molar-refractivity contribution in [3.05, 3.63) is 0 Å². The highest BCUT2D eigenvalue weighted by Gasteiger charge is 2.43. The number of carboxylic acid groups (broad SMARTS) is 1. The van der Waals surface area contributed by atoms with Crippen molar-refractivity contribution in [3.8, 4) is 0 Å². The minimum atomic E-state index is -4.41. The van der Waals surface area contributed by atoms with Crippen LogP contribution >= 0.6 is 0 Å². The molecule has 2 heterocycles. The molecule has 0 aliphatic carbocycles. The van der Waals surface area contributed by atoms with Gasteiger partial charge in [-0.2, -0.15) is 13.2 Å². The molecular formula is C13H20F3NO4. The zero-order valence-corrected chi connectivity index (χ0v) is 11.7. The van der Waals surface area contributed by atoms with Crippen LogP contribution < -0.4 is 0 Å². The maximum Gasteiger partial charge on any atom is 0.401 e. The summed E-state index contributed by atoms with van der Waals surface area (Å²) in [7, 11) is 0. The molecule has 0 amide bonds. The Morgan fingerprint density at radius 2 is 1.95 bits per heavy atom. The van der Waals surface area contributed by atoms with Crippen LogP contribution in [-0.2, 0) is 14.3 Å². The van der Waals surface area contributed by atoms with E-state index in [0.717, 1.165) is 4.90 Å². The quantitative estimate of drug-likeness (QED) is 0.856. The fourth-order valence-electron chi connectivity index (χ4n) is 3.12. The number of nitrogens with zero attached hydrogens (tertiary/aromatic N) is 1. The maximum absolute atomic E-state index is 12.7. The Morgan fingerprint density at radius 3 is 2.52 bits per heavy atom. The normalized spacial score (nSPS) is 26.2. The lowest BCUT2D eigenvalue weighted by Crippen LogP contribution is -2.53. The van der Waals surface area contributed by atoms with Crippen molar-refractivity contribution in [3.63, 3.8) is 0 Å². The fourth-order valence-corrected chi connectivity index (χ4v) is 3.12. The summed E-state index contributed by atoms with van der Waals surface area (Å²) >= 11 is 0. The number of carboxylic acids is 1. The van der Waals surface area contributed by atoms with Gasteiger partial charge in [-0.05, 0) is 25.7 Å². The molecule has 0 radical (unpaired) electrons. The molecule has 2 aliphatic rings. The second kappa shape index (κ2) is 6.50. The van der Waals surface area contributed by atoms with Crippen LogP contribution in [-0.4, -0.2) is 66.7 Å². The van der Waals surface area contributed by atoms with Crippen LogP contribution in [0.5, 0.6) is 0 Å². The van der Waals surface area contributed by atoms with Crippen LogP contribution in [0.15, 0.2) is 0 Å². The predicted molar refractivity (Wildman–Crippen MR) is 67.0 cm³/mol. The summed E-state index contributed by atoms with van der Waals surface area (Å²) in [6.45, 7) is -0.373. The van der Waals surface area contributed by atoms with E-state index in [4.69, 9.17) is 14.6 Å². The SMILES string of the molecule is O=C(O)CN(CC(F)(F)F)C1CCOC2(CCOCC2)C1. The molecule has 1 atom stereocenters. The minimum absolute atomic E-state index is 0.360. The molecule has 5 nitrogen and oxygen atoms in total. The number of rotatable bonds is 4. The van der Waals surface area contributed by atoms with Crippen LogP contribution in [0.1, 0.15) is 25.7 Å². The van der Waals surface area contributed by atoms with E-state index in [-0.39, 0.29) is 0 Å². The smallest absolute Gasteiger partial charge is 0.401 e. The first-order valence-corrected chi connectivity index (χ1v) is 7.04. The molecule has 2 rings (SSSR count). The molecule has 2 aliphatic heterocycles. The number of halogens is 3. The largest absolute Gasteiger partial charge is 0.480 e. The number of hydrogen-bond acceptors (Lipinski definition) is 4. The van der Waals surface area contributed by atoms with Gasteiger partial charge in [-0.1, -0.05) is 0 Å². The molecule has 21 heavy (non-hydrogen) atoms. The molecule has 0 aromatic heterocycles. The van der Waals surface area contributed by atoms with Crippen molar-refractivity contribution < 1.29 is 32.5 Å². The molecule has 1 unspecified atom stereocenters. The highest BCUT2D eigenvalue weighted by Crippen LogP contribution is 2.36. The van der Waals surface area contributed by atoms with Gasteiger partial charge in [0, 0.05) is 25.9 Å². The van der Waals surface area contributed by atoms with Crippen molar-refractivity contribution >= 4 is 5.97 Å². The second-order valence-corrected chi connectivity index (χ2v) is 5.70. The van der Waals surface area contributed by atoms with Gasteiger partial charge in [-0.15, -0.1) is 0 Å². The van der Waals surface area contributed by atoms with Crippen molar-refractivity contribution in [2.24, 2.45) is 0 Å². The lowest BCUT2D eigenvalue weighted by Gasteiger charge is -2.46. The summed E-state index contributed by atoms with van der Waals surface area (Å²) in [6.07, 6.45) is -2.25. The number of aliphatic carboxylic acids is 1. The third kappa shape index (κ3) is 4.82. The van der Waals surface area contributed by atoms with Gasteiger partial charge in [0.1, 0.15) is 0 Å². The molecule has 0 aromatic carbocycles. The fraction of sp³-hybridized carbons (Fsp3) is 0.923. The standard InChI is InChI=1S/C13H20F3NO4/c14-13(15,16)9-17(8-11(18)19)10-1-4-21-12(7-10)2-5-20-6-3-12/h10H,1-9H2,(H,18,19). The van der Waals surface area contributed by atoms with E-state index in [1.807, 2.05) is 0 Å². The van der Waals surface area contributed by atoms with E-state index < -0.39 is 36.9 Å². The van der Waals surface area contributed by atoms with E-state index in [0.29, 0.717) is 45.5 Å². The Bertz CT molecular complexity index is 363. The first-order chi connectivity index (χ1) is 9.80. The molecule has 0 saturated carbocycles. The summed E-state index contributed by atoms with van der Waals surface area (Å²) in [4.78, 5) is 11.9. The molecule has 0 bridgehead atoms. The molecule has 0 aromatic rings. The number of ether oxygens (including phenoxy) is 2. The first kappa shape index (κ1) is 16.5. The number of alkyl halides is 3. The van der Waals surface area contributed by atoms with Crippen molar-refractivity contribution in [1.82, 2.24) is 4.90 Å². The average Bonchev–Trinajstić information content (AvgIpc) is 2.37. The summed E-state index contributed by atoms with van der Waals surface area (Å²) in [6, 6.07) is -0.422. The molecule has 2 saturated heterocycles. The van der Waals surface area contributed by atoms with Crippen LogP contribution in [0.3, 0.4) is 0 Å². The van der Waals surface area contributed by atoms with Crippen molar-refractivity contribution in [1.29, 1.82) is 0 Å². The van der Waals surface area contributed by atoms with Crippen molar-refractivity contribution in [2.75, 3.05) is 32.9 Å². The zero-order chi connectivity index (χ0) is 15.5. The predicted octanol–water partition coefficient (Wildman–Crippen LogP) is 1.66. The second-order valence-electron chi connectivity index (χ2n) is 5.70. The summed E-state index contributed by atoms with van der Waals surface area (Å²) in [5, 5.41) is 8.85. The Kier molecular flexibility index (Phi) is 5.11. The molecule has 8 heteroatoms. The third-order valence-corrected chi connectivity index (χ3v) is 4.11. The van der Waals surface area contributed by atoms with Gasteiger partial charge in [-0.3, -0.25) is 9.69 Å².